The van der Waals surface area contributed by atoms with Crippen LogP contribution < -0.4 is 5.32 Å². The summed E-state index contributed by atoms with van der Waals surface area (Å²) >= 11 is 0. The number of nitrogens with one attached hydrogen (secondary N) is 1. The summed E-state index contributed by atoms with van der Waals surface area (Å²) in [5.74, 6) is -0.813. The van der Waals surface area contributed by atoms with Crippen LogP contribution in [0.15, 0.2) is 84.9 Å². The molecule has 3 aromatic carbocycles. The second-order valence-electron chi connectivity index (χ2n) is 6.62. The lowest BCUT2D eigenvalue weighted by atomic mass is 9.98. The van der Waals surface area contributed by atoms with E-state index in [-0.39, 0.29) is 5.91 Å². The van der Waals surface area contributed by atoms with Gasteiger partial charge in [0.15, 0.2) is 6.19 Å². The van der Waals surface area contributed by atoms with Crippen LogP contribution in [0.1, 0.15) is 15.9 Å². The number of benzene rings is 3. The van der Waals surface area contributed by atoms with Crippen LogP contribution in [0.4, 0.5) is 0 Å². The van der Waals surface area contributed by atoms with Gasteiger partial charge in [-0.25, -0.2) is 0 Å². The second-order valence-corrected chi connectivity index (χ2v) is 6.62. The largest absolute Gasteiger partial charge is 0.340 e. The summed E-state index contributed by atoms with van der Waals surface area (Å²) < 4.78 is 0. The Morgan fingerprint density at radius 2 is 1.52 bits per heavy atom. The Balaban J connectivity index is 1.89. The van der Waals surface area contributed by atoms with Crippen LogP contribution in [-0.4, -0.2) is 29.8 Å². The monoisotopic (exact) mass is 383 g/mol. The molecule has 0 radical (unpaired) electrons. The summed E-state index contributed by atoms with van der Waals surface area (Å²) in [6.07, 6.45) is 2.11. The normalized spacial score (nSPS) is 11.2. The zero-order chi connectivity index (χ0) is 20.6. The molecule has 144 valence electrons. The van der Waals surface area contributed by atoms with E-state index in [1.165, 1.54) is 7.05 Å². The molecule has 29 heavy (non-hydrogen) atoms. The number of hydrogen-bond donors (Lipinski definition) is 1. The van der Waals surface area contributed by atoms with E-state index in [0.717, 1.165) is 21.6 Å². The molecule has 1 unspecified atom stereocenters. The number of likely N-dealkylation sites (N-methyl/N-ethyl adjacent to an activating group) is 1. The van der Waals surface area contributed by atoms with E-state index in [0.29, 0.717) is 12.0 Å². The Bertz CT molecular complexity index is 1030. The first-order chi connectivity index (χ1) is 14.1. The number of rotatable bonds is 6. The van der Waals surface area contributed by atoms with Gasteiger partial charge in [-0.05, 0) is 22.8 Å². The number of hydrogen-bond acceptors (Lipinski definition) is 3. The molecule has 1 atom stereocenters. The molecular weight excluding hydrogens is 362 g/mol. The Hall–Kier alpha value is -3.91. The van der Waals surface area contributed by atoms with Gasteiger partial charge in [-0.15, -0.1) is 0 Å². The molecule has 0 aliphatic heterocycles. The highest BCUT2D eigenvalue weighted by molar-refractivity contribution is 6.03. The summed E-state index contributed by atoms with van der Waals surface area (Å²) in [7, 11) is 1.39. The molecule has 3 rings (SSSR count). The van der Waals surface area contributed by atoms with Crippen LogP contribution in [0.25, 0.3) is 11.1 Å². The Morgan fingerprint density at radius 3 is 2.17 bits per heavy atom. The van der Waals surface area contributed by atoms with E-state index >= 15 is 0 Å². The van der Waals surface area contributed by atoms with E-state index in [9.17, 15) is 9.59 Å². The van der Waals surface area contributed by atoms with Gasteiger partial charge in [-0.1, -0.05) is 78.9 Å². The minimum atomic E-state index is -0.849. The summed E-state index contributed by atoms with van der Waals surface area (Å²) in [4.78, 5) is 26.7. The molecule has 0 fully saturated rings. The van der Waals surface area contributed by atoms with Crippen molar-refractivity contribution in [2.75, 3.05) is 7.05 Å². The molecule has 0 saturated heterocycles. The Kier molecular flexibility index (Phi) is 6.39. The zero-order valence-corrected chi connectivity index (χ0v) is 16.1. The molecule has 0 aliphatic rings. The third-order valence-electron chi connectivity index (χ3n) is 4.62. The molecule has 5 heteroatoms. The van der Waals surface area contributed by atoms with Gasteiger partial charge in [0.1, 0.15) is 6.04 Å². The fourth-order valence-corrected chi connectivity index (χ4v) is 3.12. The fraction of sp³-hybridized carbons (Fsp3) is 0.125. The van der Waals surface area contributed by atoms with Gasteiger partial charge < -0.3 is 5.32 Å². The van der Waals surface area contributed by atoms with Crippen LogP contribution in [0.3, 0.4) is 0 Å². The molecule has 0 aromatic heterocycles. The van der Waals surface area contributed by atoms with Crippen molar-refractivity contribution in [2.45, 2.75) is 12.5 Å². The van der Waals surface area contributed by atoms with Crippen LogP contribution in [0, 0.1) is 11.5 Å². The minimum Gasteiger partial charge on any atom is -0.340 e. The van der Waals surface area contributed by atoms with E-state index in [1.807, 2.05) is 79.0 Å². The molecule has 0 bridgehead atoms. The van der Waals surface area contributed by atoms with Crippen molar-refractivity contribution >= 4 is 11.8 Å². The standard InChI is InChI=1S/C24H21N3O2/c1-27(17-25)24(29)22(16-18-10-4-2-5-11-18)26-23(28)21-15-9-8-14-20(21)19-12-6-3-7-13-19/h2-15,22H,16H2,1H3,(H,26,28). The third kappa shape index (κ3) is 4.88. The Labute approximate surface area is 170 Å². The first-order valence-corrected chi connectivity index (χ1v) is 9.26. The molecule has 2 amide bonds. The molecule has 0 spiro atoms. The highest BCUT2D eigenvalue weighted by atomic mass is 16.2. The first kappa shape index (κ1) is 19.8. The summed E-state index contributed by atoms with van der Waals surface area (Å²) in [6.45, 7) is 0. The van der Waals surface area contributed by atoms with Gasteiger partial charge >= 0.3 is 0 Å². The lowest BCUT2D eigenvalue weighted by Gasteiger charge is -2.21. The second kappa shape index (κ2) is 9.34. The van der Waals surface area contributed by atoms with Crippen molar-refractivity contribution in [3.8, 4) is 17.3 Å². The molecule has 3 aromatic rings. The molecule has 0 heterocycles. The Morgan fingerprint density at radius 1 is 0.931 bits per heavy atom. The topological polar surface area (TPSA) is 73.2 Å². The van der Waals surface area contributed by atoms with Crippen molar-refractivity contribution in [1.82, 2.24) is 10.2 Å². The van der Waals surface area contributed by atoms with E-state index in [2.05, 4.69) is 5.32 Å². The highest BCUT2D eigenvalue weighted by Gasteiger charge is 2.26. The highest BCUT2D eigenvalue weighted by Crippen LogP contribution is 2.23. The molecule has 0 saturated carbocycles. The average Bonchev–Trinajstić information content (AvgIpc) is 2.78. The smallest absolute Gasteiger partial charge is 0.258 e. The maximum Gasteiger partial charge on any atom is 0.258 e. The fourth-order valence-electron chi connectivity index (χ4n) is 3.12. The maximum atomic E-state index is 13.1. The van der Waals surface area contributed by atoms with Crippen molar-refractivity contribution in [3.63, 3.8) is 0 Å². The zero-order valence-electron chi connectivity index (χ0n) is 16.1. The van der Waals surface area contributed by atoms with Crippen LogP contribution in [0.5, 0.6) is 0 Å². The van der Waals surface area contributed by atoms with Crippen LogP contribution in [0.2, 0.25) is 0 Å². The van der Waals surface area contributed by atoms with Gasteiger partial charge in [0.25, 0.3) is 11.8 Å². The summed E-state index contributed by atoms with van der Waals surface area (Å²) in [5, 5.41) is 11.9. The van der Waals surface area contributed by atoms with Crippen molar-refractivity contribution < 1.29 is 9.59 Å². The number of nitriles is 1. The van der Waals surface area contributed by atoms with Crippen molar-refractivity contribution in [1.29, 1.82) is 5.26 Å². The van der Waals surface area contributed by atoms with E-state index in [1.54, 1.807) is 12.1 Å². The van der Waals surface area contributed by atoms with Gasteiger partial charge in [-0.3, -0.25) is 14.5 Å². The SMILES string of the molecule is CN(C#N)C(=O)C(Cc1ccccc1)NC(=O)c1ccccc1-c1ccccc1. The lowest BCUT2D eigenvalue weighted by Crippen LogP contribution is -2.47. The number of nitrogens with zero attached hydrogens (tertiary/aromatic N) is 2. The third-order valence-corrected chi connectivity index (χ3v) is 4.62. The van der Waals surface area contributed by atoms with Gasteiger partial charge in [-0.2, -0.15) is 5.26 Å². The summed E-state index contributed by atoms with van der Waals surface area (Å²) in [6, 6.07) is 25.4. The predicted molar refractivity (Wildman–Crippen MR) is 112 cm³/mol. The van der Waals surface area contributed by atoms with Crippen LogP contribution >= 0.6 is 0 Å². The molecule has 1 N–H and O–H groups in total. The molecule has 0 aliphatic carbocycles. The van der Waals surface area contributed by atoms with Gasteiger partial charge in [0.05, 0.1) is 0 Å². The first-order valence-electron chi connectivity index (χ1n) is 9.26. The number of carbonyl (C=O) groups excluding carboxylic acids is 2. The quantitative estimate of drug-likeness (QED) is 0.522. The van der Waals surface area contributed by atoms with Crippen LogP contribution in [-0.2, 0) is 11.2 Å². The average molecular weight is 383 g/mol. The van der Waals surface area contributed by atoms with E-state index in [4.69, 9.17) is 5.26 Å². The van der Waals surface area contributed by atoms with Gasteiger partial charge in [0.2, 0.25) is 0 Å². The van der Waals surface area contributed by atoms with E-state index < -0.39 is 11.9 Å². The van der Waals surface area contributed by atoms with Crippen molar-refractivity contribution in [2.24, 2.45) is 0 Å². The lowest BCUT2D eigenvalue weighted by molar-refractivity contribution is -0.129. The van der Waals surface area contributed by atoms with Crippen molar-refractivity contribution in [3.05, 3.63) is 96.1 Å². The number of carbonyl (C=O) groups is 2. The predicted octanol–water partition coefficient (Wildman–Crippen LogP) is 3.63. The number of amides is 2. The molecule has 5 nitrogen and oxygen atoms in total. The maximum absolute atomic E-state index is 13.1. The molecular formula is C24H21N3O2. The minimum absolute atomic E-state index is 0.297. The summed E-state index contributed by atoms with van der Waals surface area (Å²) in [5.41, 5.74) is 3.07. The van der Waals surface area contributed by atoms with Gasteiger partial charge in [0, 0.05) is 19.0 Å².